The number of rotatable bonds is 7. The summed E-state index contributed by atoms with van der Waals surface area (Å²) in [6.07, 6.45) is 1.06. The van der Waals surface area contributed by atoms with Gasteiger partial charge in [-0.3, -0.25) is 0 Å². The zero-order chi connectivity index (χ0) is 13.6. The van der Waals surface area contributed by atoms with Crippen LogP contribution in [0.1, 0.15) is 26.7 Å². The summed E-state index contributed by atoms with van der Waals surface area (Å²) < 4.78 is 32.8. The fraction of sp³-hybridized carbons (Fsp3) is 1.00. The van der Waals surface area contributed by atoms with E-state index in [4.69, 9.17) is 4.74 Å². The quantitative estimate of drug-likeness (QED) is 0.685. The number of morpholine rings is 1. The minimum Gasteiger partial charge on any atom is -0.391 e. The van der Waals surface area contributed by atoms with Crippen LogP contribution in [0.4, 0.5) is 0 Å². The van der Waals surface area contributed by atoms with Crippen LogP contribution in [-0.4, -0.2) is 56.8 Å². The van der Waals surface area contributed by atoms with E-state index in [1.807, 2.05) is 13.8 Å². The van der Waals surface area contributed by atoms with Crippen molar-refractivity contribution in [1.29, 1.82) is 0 Å². The van der Waals surface area contributed by atoms with Crippen molar-refractivity contribution >= 4 is 10.2 Å². The van der Waals surface area contributed by atoms with E-state index in [-0.39, 0.29) is 12.5 Å². The van der Waals surface area contributed by atoms with Gasteiger partial charge in [0.15, 0.2) is 0 Å². The van der Waals surface area contributed by atoms with Crippen molar-refractivity contribution in [2.24, 2.45) is 5.92 Å². The van der Waals surface area contributed by atoms with Crippen LogP contribution in [0.3, 0.4) is 0 Å². The molecule has 0 amide bonds. The van der Waals surface area contributed by atoms with Crippen LogP contribution in [0, 0.1) is 5.92 Å². The number of aliphatic hydroxyl groups excluding tert-OH is 1. The number of nitrogens with one attached hydrogen (secondary N) is 1. The Morgan fingerprint density at radius 3 is 2.33 bits per heavy atom. The monoisotopic (exact) mass is 280 g/mol. The minimum atomic E-state index is -3.49. The third kappa shape index (κ3) is 4.47. The first-order valence-electron chi connectivity index (χ1n) is 6.51. The molecule has 0 aliphatic carbocycles. The molecule has 1 heterocycles. The average Bonchev–Trinajstić information content (AvgIpc) is 2.39. The maximum Gasteiger partial charge on any atom is 0.279 e. The summed E-state index contributed by atoms with van der Waals surface area (Å²) in [6, 6.07) is 0. The van der Waals surface area contributed by atoms with Gasteiger partial charge >= 0.3 is 0 Å². The van der Waals surface area contributed by atoms with Crippen LogP contribution in [0.25, 0.3) is 0 Å². The largest absolute Gasteiger partial charge is 0.391 e. The summed E-state index contributed by atoms with van der Waals surface area (Å²) in [5.74, 6) is 0.136. The molecule has 108 valence electrons. The lowest BCUT2D eigenvalue weighted by Gasteiger charge is -2.27. The molecule has 2 N–H and O–H groups in total. The molecule has 1 unspecified atom stereocenters. The number of nitrogens with zero attached hydrogens (tertiary/aromatic N) is 1. The summed E-state index contributed by atoms with van der Waals surface area (Å²) in [6.45, 7) is 5.66. The molecule has 1 fully saturated rings. The molecule has 1 rings (SSSR count). The van der Waals surface area contributed by atoms with Gasteiger partial charge < -0.3 is 9.84 Å². The van der Waals surface area contributed by atoms with Crippen molar-refractivity contribution < 1.29 is 18.3 Å². The lowest BCUT2D eigenvalue weighted by Crippen LogP contribution is -2.48. The second-order valence-corrected chi connectivity index (χ2v) is 6.26. The predicted octanol–water partition coefficient (Wildman–Crippen LogP) is -0.0499. The summed E-state index contributed by atoms with van der Waals surface area (Å²) in [5.41, 5.74) is 0. The van der Waals surface area contributed by atoms with Crippen molar-refractivity contribution in [2.75, 3.05) is 32.8 Å². The van der Waals surface area contributed by atoms with Crippen LogP contribution in [-0.2, 0) is 14.9 Å². The highest BCUT2D eigenvalue weighted by molar-refractivity contribution is 7.87. The van der Waals surface area contributed by atoms with Crippen LogP contribution in [0.5, 0.6) is 0 Å². The molecule has 1 aliphatic heterocycles. The van der Waals surface area contributed by atoms with Crippen molar-refractivity contribution in [3.8, 4) is 0 Å². The molecule has 0 saturated carbocycles. The molecule has 7 heteroatoms. The molecule has 0 radical (unpaired) electrons. The number of aliphatic hydroxyl groups is 1. The van der Waals surface area contributed by atoms with Gasteiger partial charge in [-0.15, -0.1) is 0 Å². The van der Waals surface area contributed by atoms with Gasteiger partial charge in [-0.1, -0.05) is 26.7 Å². The smallest absolute Gasteiger partial charge is 0.279 e. The van der Waals surface area contributed by atoms with Crippen molar-refractivity contribution in [2.45, 2.75) is 32.8 Å². The van der Waals surface area contributed by atoms with Gasteiger partial charge in [0, 0.05) is 19.6 Å². The molecule has 1 atom stereocenters. The molecule has 0 aromatic rings. The molecule has 18 heavy (non-hydrogen) atoms. The van der Waals surface area contributed by atoms with E-state index in [1.54, 1.807) is 0 Å². The first-order chi connectivity index (χ1) is 8.51. The lowest BCUT2D eigenvalue weighted by atomic mass is 9.97. The Hall–Kier alpha value is -0.210. The topological polar surface area (TPSA) is 78.9 Å². The third-order valence-electron chi connectivity index (χ3n) is 3.38. The zero-order valence-electron chi connectivity index (χ0n) is 11.1. The van der Waals surface area contributed by atoms with Crippen LogP contribution < -0.4 is 4.72 Å². The van der Waals surface area contributed by atoms with Gasteiger partial charge in [0.1, 0.15) is 0 Å². The standard InChI is InChI=1S/C11H24N2O4S/c1-3-10(4-2)11(14)9-12-18(15,16)13-5-7-17-8-6-13/h10-12,14H,3-9H2,1-2H3. The molecular formula is C11H24N2O4S. The molecule has 6 nitrogen and oxygen atoms in total. The number of ether oxygens (including phenoxy) is 1. The van der Waals surface area contributed by atoms with E-state index >= 15 is 0 Å². The lowest BCUT2D eigenvalue weighted by molar-refractivity contribution is 0.0714. The van der Waals surface area contributed by atoms with Gasteiger partial charge in [0.25, 0.3) is 10.2 Å². The maximum absolute atomic E-state index is 11.9. The Balaban J connectivity index is 2.45. The van der Waals surface area contributed by atoms with Gasteiger partial charge in [-0.25, -0.2) is 0 Å². The Morgan fingerprint density at radius 1 is 1.28 bits per heavy atom. The maximum atomic E-state index is 11.9. The van der Waals surface area contributed by atoms with E-state index in [0.29, 0.717) is 26.3 Å². The molecule has 0 spiro atoms. The van der Waals surface area contributed by atoms with Crippen molar-refractivity contribution in [3.63, 3.8) is 0 Å². The first-order valence-corrected chi connectivity index (χ1v) is 7.95. The molecule has 1 aliphatic rings. The minimum absolute atomic E-state index is 0.0754. The molecule has 0 bridgehead atoms. The van der Waals surface area contributed by atoms with Gasteiger partial charge in [-0.05, 0) is 5.92 Å². The molecule has 0 aromatic heterocycles. The Bertz CT molecular complexity index is 324. The van der Waals surface area contributed by atoms with E-state index in [1.165, 1.54) is 4.31 Å². The summed E-state index contributed by atoms with van der Waals surface area (Å²) in [7, 11) is -3.49. The van der Waals surface area contributed by atoms with E-state index in [0.717, 1.165) is 12.8 Å². The fourth-order valence-corrected chi connectivity index (χ4v) is 3.26. The molecule has 1 saturated heterocycles. The van der Waals surface area contributed by atoms with Gasteiger partial charge in [0.05, 0.1) is 19.3 Å². The van der Waals surface area contributed by atoms with Gasteiger partial charge in [-0.2, -0.15) is 17.4 Å². The predicted molar refractivity (Wildman–Crippen MR) is 69.4 cm³/mol. The zero-order valence-corrected chi connectivity index (χ0v) is 11.9. The molecular weight excluding hydrogens is 256 g/mol. The van der Waals surface area contributed by atoms with Crippen LogP contribution >= 0.6 is 0 Å². The van der Waals surface area contributed by atoms with E-state index in [9.17, 15) is 13.5 Å². The number of hydrogen-bond donors (Lipinski definition) is 2. The van der Waals surface area contributed by atoms with Gasteiger partial charge in [0.2, 0.25) is 0 Å². The first kappa shape index (κ1) is 15.8. The summed E-state index contributed by atoms with van der Waals surface area (Å²) >= 11 is 0. The van der Waals surface area contributed by atoms with Crippen LogP contribution in [0.2, 0.25) is 0 Å². The van der Waals surface area contributed by atoms with Crippen LogP contribution in [0.15, 0.2) is 0 Å². The van der Waals surface area contributed by atoms with Crippen molar-refractivity contribution in [1.82, 2.24) is 9.03 Å². The second-order valence-electron chi connectivity index (χ2n) is 4.51. The highest BCUT2D eigenvalue weighted by Gasteiger charge is 2.25. The highest BCUT2D eigenvalue weighted by Crippen LogP contribution is 2.13. The number of hydrogen-bond acceptors (Lipinski definition) is 4. The fourth-order valence-electron chi connectivity index (χ4n) is 2.07. The Labute approximate surface area is 109 Å². The van der Waals surface area contributed by atoms with E-state index < -0.39 is 16.3 Å². The summed E-state index contributed by atoms with van der Waals surface area (Å²) in [5, 5.41) is 9.90. The Morgan fingerprint density at radius 2 is 1.83 bits per heavy atom. The second kappa shape index (κ2) is 7.40. The highest BCUT2D eigenvalue weighted by atomic mass is 32.2. The van der Waals surface area contributed by atoms with Crippen molar-refractivity contribution in [3.05, 3.63) is 0 Å². The Kier molecular flexibility index (Phi) is 6.51. The molecule has 0 aromatic carbocycles. The normalized spacial score (nSPS) is 20.2. The van der Waals surface area contributed by atoms with E-state index in [2.05, 4.69) is 4.72 Å². The summed E-state index contributed by atoms with van der Waals surface area (Å²) in [4.78, 5) is 0. The SMILES string of the molecule is CCC(CC)C(O)CNS(=O)(=O)N1CCOCC1. The third-order valence-corrected chi connectivity index (χ3v) is 4.95. The average molecular weight is 280 g/mol.